The molecule has 0 aliphatic carbocycles. The highest BCUT2D eigenvalue weighted by molar-refractivity contribution is 6.04. The maximum Gasteiger partial charge on any atom is 0.291 e. The molecule has 2 amide bonds. The molecular formula is C25H22N2O3. The minimum absolute atomic E-state index is 0.114. The van der Waals surface area contributed by atoms with Gasteiger partial charge in [-0.15, -0.1) is 0 Å². The van der Waals surface area contributed by atoms with Crippen molar-refractivity contribution in [1.82, 2.24) is 4.90 Å². The number of aryl methyl sites for hydroxylation is 1. The minimum atomic E-state index is -0.350. The summed E-state index contributed by atoms with van der Waals surface area (Å²) < 4.78 is 5.14. The van der Waals surface area contributed by atoms with Crippen molar-refractivity contribution in [2.45, 2.75) is 13.5 Å². The molecular weight excluding hydrogens is 376 g/mol. The van der Waals surface area contributed by atoms with Crippen LogP contribution in [0.25, 0.3) is 10.8 Å². The minimum Gasteiger partial charge on any atom is -0.459 e. The van der Waals surface area contributed by atoms with Crippen molar-refractivity contribution in [3.63, 3.8) is 0 Å². The second-order valence-corrected chi connectivity index (χ2v) is 7.26. The predicted octanol–water partition coefficient (Wildman–Crippen LogP) is 5.27. The number of nitrogens with zero attached hydrogens (tertiary/aromatic N) is 1. The molecule has 30 heavy (non-hydrogen) atoms. The maximum atomic E-state index is 13.1. The average molecular weight is 398 g/mol. The van der Waals surface area contributed by atoms with Crippen molar-refractivity contribution in [1.29, 1.82) is 0 Å². The fourth-order valence-electron chi connectivity index (χ4n) is 3.46. The Labute approximate surface area is 174 Å². The van der Waals surface area contributed by atoms with Crippen LogP contribution in [-0.2, 0) is 6.54 Å². The number of carbonyl (C=O) groups is 2. The van der Waals surface area contributed by atoms with E-state index in [4.69, 9.17) is 4.42 Å². The number of benzene rings is 3. The number of hydrogen-bond donors (Lipinski definition) is 1. The molecule has 1 N–H and O–H groups in total. The molecule has 4 aromatic rings. The Kier molecular flexibility index (Phi) is 5.35. The van der Waals surface area contributed by atoms with E-state index < -0.39 is 0 Å². The fraction of sp³-hybridized carbons (Fsp3) is 0.120. The Balaban J connectivity index is 1.54. The van der Waals surface area contributed by atoms with Gasteiger partial charge in [0.15, 0.2) is 5.76 Å². The first-order valence-corrected chi connectivity index (χ1v) is 9.70. The van der Waals surface area contributed by atoms with Gasteiger partial charge in [-0.25, -0.2) is 0 Å². The highest BCUT2D eigenvalue weighted by atomic mass is 16.3. The van der Waals surface area contributed by atoms with Crippen LogP contribution in [0.3, 0.4) is 0 Å². The van der Waals surface area contributed by atoms with Crippen LogP contribution in [-0.4, -0.2) is 23.8 Å². The van der Waals surface area contributed by atoms with E-state index in [2.05, 4.69) is 23.5 Å². The second kappa shape index (κ2) is 8.25. The van der Waals surface area contributed by atoms with Gasteiger partial charge in [0.1, 0.15) is 0 Å². The summed E-state index contributed by atoms with van der Waals surface area (Å²) in [6.45, 7) is 2.37. The van der Waals surface area contributed by atoms with E-state index in [-0.39, 0.29) is 17.6 Å². The smallest absolute Gasteiger partial charge is 0.291 e. The molecule has 0 radical (unpaired) electrons. The number of furan rings is 1. The quantitative estimate of drug-likeness (QED) is 0.498. The van der Waals surface area contributed by atoms with E-state index in [1.165, 1.54) is 6.26 Å². The van der Waals surface area contributed by atoms with Crippen LogP contribution < -0.4 is 5.32 Å². The van der Waals surface area contributed by atoms with E-state index in [9.17, 15) is 9.59 Å². The molecule has 4 rings (SSSR count). The maximum absolute atomic E-state index is 13.1. The standard InChI is InChI=1S/C25H22N2O3/c1-17-12-13-19(15-22(17)26-24(28)23-11-6-14-30-23)25(29)27(2)16-20-9-5-8-18-7-3-4-10-21(18)20/h3-15H,16H2,1-2H3,(H,26,28). The largest absolute Gasteiger partial charge is 0.459 e. The van der Waals surface area contributed by atoms with E-state index >= 15 is 0 Å². The van der Waals surface area contributed by atoms with Crippen LogP contribution in [0, 0.1) is 6.92 Å². The third kappa shape index (κ3) is 3.96. The van der Waals surface area contributed by atoms with Gasteiger partial charge in [0.05, 0.1) is 6.26 Å². The van der Waals surface area contributed by atoms with Crippen LogP contribution in [0.2, 0.25) is 0 Å². The van der Waals surface area contributed by atoms with E-state index in [0.29, 0.717) is 17.8 Å². The summed E-state index contributed by atoms with van der Waals surface area (Å²) in [5, 5.41) is 5.10. The molecule has 0 spiro atoms. The Morgan fingerprint density at radius 3 is 2.57 bits per heavy atom. The van der Waals surface area contributed by atoms with Gasteiger partial charge in [0, 0.05) is 24.8 Å². The van der Waals surface area contributed by atoms with E-state index in [1.807, 2.05) is 37.3 Å². The first kappa shape index (κ1) is 19.5. The van der Waals surface area contributed by atoms with Gasteiger partial charge in [-0.05, 0) is 53.1 Å². The van der Waals surface area contributed by atoms with E-state index in [0.717, 1.165) is 21.9 Å². The van der Waals surface area contributed by atoms with Crippen molar-refractivity contribution < 1.29 is 14.0 Å². The molecule has 1 aromatic heterocycles. The lowest BCUT2D eigenvalue weighted by atomic mass is 10.0. The summed E-state index contributed by atoms with van der Waals surface area (Å²) >= 11 is 0. The molecule has 0 bridgehead atoms. The third-order valence-electron chi connectivity index (χ3n) is 5.11. The fourth-order valence-corrected chi connectivity index (χ4v) is 3.46. The zero-order valence-electron chi connectivity index (χ0n) is 16.9. The summed E-state index contributed by atoms with van der Waals surface area (Å²) in [7, 11) is 1.78. The molecule has 3 aromatic carbocycles. The third-order valence-corrected chi connectivity index (χ3v) is 5.11. The van der Waals surface area contributed by atoms with Gasteiger partial charge in [-0.3, -0.25) is 9.59 Å². The number of rotatable bonds is 5. The van der Waals surface area contributed by atoms with Gasteiger partial charge < -0.3 is 14.6 Å². The SMILES string of the molecule is Cc1ccc(C(=O)N(C)Cc2cccc3ccccc23)cc1NC(=O)c1ccco1. The summed E-state index contributed by atoms with van der Waals surface area (Å²) in [5.41, 5.74) is 3.05. The first-order chi connectivity index (χ1) is 14.5. The first-order valence-electron chi connectivity index (χ1n) is 9.70. The number of amides is 2. The van der Waals surface area contributed by atoms with Gasteiger partial charge in [0.2, 0.25) is 0 Å². The molecule has 0 aliphatic rings. The van der Waals surface area contributed by atoms with Gasteiger partial charge in [-0.1, -0.05) is 48.5 Å². The molecule has 0 unspecified atom stereocenters. The molecule has 0 fully saturated rings. The molecule has 0 atom stereocenters. The molecule has 0 saturated carbocycles. The summed E-state index contributed by atoms with van der Waals surface area (Å²) in [5.74, 6) is -0.243. The van der Waals surface area contributed by atoms with Gasteiger partial charge in [0.25, 0.3) is 11.8 Å². The molecule has 0 aliphatic heterocycles. The van der Waals surface area contributed by atoms with Crippen LogP contribution in [0.5, 0.6) is 0 Å². The Bertz CT molecular complexity index is 1210. The monoisotopic (exact) mass is 398 g/mol. The molecule has 5 heteroatoms. The summed E-state index contributed by atoms with van der Waals surface area (Å²) in [6.07, 6.45) is 1.45. The summed E-state index contributed by atoms with van der Waals surface area (Å²) in [6, 6.07) is 22.8. The van der Waals surface area contributed by atoms with Crippen molar-refractivity contribution >= 4 is 28.3 Å². The zero-order valence-corrected chi connectivity index (χ0v) is 16.9. The lowest BCUT2D eigenvalue weighted by molar-refractivity contribution is 0.0785. The second-order valence-electron chi connectivity index (χ2n) is 7.26. The molecule has 1 heterocycles. The number of anilines is 1. The van der Waals surface area contributed by atoms with E-state index in [1.54, 1.807) is 36.2 Å². The van der Waals surface area contributed by atoms with Crippen LogP contribution in [0.1, 0.15) is 32.0 Å². The topological polar surface area (TPSA) is 62.6 Å². The Morgan fingerprint density at radius 1 is 0.967 bits per heavy atom. The number of carbonyl (C=O) groups excluding carboxylic acids is 2. The highest BCUT2D eigenvalue weighted by Crippen LogP contribution is 2.22. The lowest BCUT2D eigenvalue weighted by Gasteiger charge is -2.19. The average Bonchev–Trinajstić information content (AvgIpc) is 3.30. The van der Waals surface area contributed by atoms with Gasteiger partial charge >= 0.3 is 0 Å². The van der Waals surface area contributed by atoms with Crippen molar-refractivity contribution in [3.05, 3.63) is 102 Å². The van der Waals surface area contributed by atoms with Crippen molar-refractivity contribution in [3.8, 4) is 0 Å². The molecule has 0 saturated heterocycles. The lowest BCUT2D eigenvalue weighted by Crippen LogP contribution is -2.26. The molecule has 150 valence electrons. The van der Waals surface area contributed by atoms with Crippen LogP contribution in [0.4, 0.5) is 5.69 Å². The Hall–Kier alpha value is -3.86. The normalized spacial score (nSPS) is 10.7. The van der Waals surface area contributed by atoms with Crippen LogP contribution in [0.15, 0.2) is 83.5 Å². The van der Waals surface area contributed by atoms with Gasteiger partial charge in [-0.2, -0.15) is 0 Å². The van der Waals surface area contributed by atoms with Crippen molar-refractivity contribution in [2.24, 2.45) is 0 Å². The number of hydrogen-bond acceptors (Lipinski definition) is 3. The predicted molar refractivity (Wildman–Crippen MR) is 118 cm³/mol. The molecule has 5 nitrogen and oxygen atoms in total. The summed E-state index contributed by atoms with van der Waals surface area (Å²) in [4.78, 5) is 27.1. The Morgan fingerprint density at radius 2 is 1.77 bits per heavy atom. The zero-order chi connectivity index (χ0) is 21.1. The highest BCUT2D eigenvalue weighted by Gasteiger charge is 2.16. The number of nitrogens with one attached hydrogen (secondary N) is 1. The van der Waals surface area contributed by atoms with Crippen LogP contribution >= 0.6 is 0 Å². The van der Waals surface area contributed by atoms with Crippen molar-refractivity contribution in [2.75, 3.05) is 12.4 Å². The number of fused-ring (bicyclic) bond motifs is 1.